The first-order chi connectivity index (χ1) is 8.07. The van der Waals surface area contributed by atoms with E-state index in [0.29, 0.717) is 19.5 Å². The van der Waals surface area contributed by atoms with Gasteiger partial charge in [-0.2, -0.15) is 0 Å². The maximum atomic E-state index is 11.4. The molecule has 0 aromatic carbocycles. The molecule has 0 atom stereocenters. The highest BCUT2D eigenvalue weighted by atomic mass is 16.4. The van der Waals surface area contributed by atoms with Crippen LogP contribution in [0.3, 0.4) is 0 Å². The number of rotatable bonds is 9. The molecule has 0 aliphatic rings. The quantitative estimate of drug-likeness (QED) is 0.479. The van der Waals surface area contributed by atoms with Gasteiger partial charge in [0.05, 0.1) is 0 Å². The summed E-state index contributed by atoms with van der Waals surface area (Å²) in [6.07, 6.45) is 5.33. The highest BCUT2D eigenvalue weighted by Crippen LogP contribution is 2.02. The predicted molar refractivity (Wildman–Crippen MR) is 66.9 cm³/mol. The van der Waals surface area contributed by atoms with Gasteiger partial charge in [0.2, 0.25) is 0 Å². The second-order valence-corrected chi connectivity index (χ2v) is 3.96. The van der Waals surface area contributed by atoms with Crippen LogP contribution in [0.5, 0.6) is 0 Å². The Morgan fingerprint density at radius 3 is 2.53 bits per heavy atom. The van der Waals surface area contributed by atoms with Gasteiger partial charge in [0.15, 0.2) is 0 Å². The lowest BCUT2D eigenvalue weighted by Crippen LogP contribution is -2.37. The maximum Gasteiger partial charge on any atom is 0.317 e. The number of carbonyl (C=O) groups excluding carboxylic acids is 1. The summed E-state index contributed by atoms with van der Waals surface area (Å²) in [6.45, 7) is 4.72. The van der Waals surface area contributed by atoms with Crippen LogP contribution in [0.4, 0.5) is 4.79 Å². The summed E-state index contributed by atoms with van der Waals surface area (Å²) in [4.78, 5) is 23.2. The lowest BCUT2D eigenvalue weighted by molar-refractivity contribution is -0.137. The number of urea groups is 1. The fourth-order valence-electron chi connectivity index (χ4n) is 1.36. The van der Waals surface area contributed by atoms with Crippen molar-refractivity contribution in [3.63, 3.8) is 0 Å². The summed E-state index contributed by atoms with van der Waals surface area (Å²) < 4.78 is 0. The maximum absolute atomic E-state index is 11.4. The van der Waals surface area contributed by atoms with Crippen LogP contribution in [0, 0.1) is 0 Å². The molecule has 0 saturated carbocycles. The smallest absolute Gasteiger partial charge is 0.317 e. The number of carbonyl (C=O) groups is 2. The van der Waals surface area contributed by atoms with Crippen molar-refractivity contribution in [1.82, 2.24) is 10.2 Å². The van der Waals surface area contributed by atoms with Crippen molar-refractivity contribution in [3.8, 4) is 0 Å². The molecule has 0 aromatic rings. The minimum absolute atomic E-state index is 0.101. The van der Waals surface area contributed by atoms with E-state index in [1.54, 1.807) is 18.0 Å². The first kappa shape index (κ1) is 15.5. The topological polar surface area (TPSA) is 69.6 Å². The summed E-state index contributed by atoms with van der Waals surface area (Å²) >= 11 is 0. The Kier molecular flexibility index (Phi) is 8.82. The predicted octanol–water partition coefficient (Wildman–Crippen LogP) is 1.85. The second-order valence-electron chi connectivity index (χ2n) is 3.96. The van der Waals surface area contributed by atoms with Crippen LogP contribution in [0.1, 0.15) is 32.1 Å². The summed E-state index contributed by atoms with van der Waals surface area (Å²) in [5.74, 6) is -0.746. The van der Waals surface area contributed by atoms with E-state index in [1.165, 1.54) is 0 Å². The van der Waals surface area contributed by atoms with Crippen LogP contribution in [0.15, 0.2) is 12.7 Å². The number of hydrogen-bond donors (Lipinski definition) is 2. The minimum Gasteiger partial charge on any atom is -0.481 e. The molecule has 0 radical (unpaired) electrons. The molecule has 0 unspecified atom stereocenters. The molecule has 0 aromatic heterocycles. The molecule has 0 rings (SSSR count). The Labute approximate surface area is 102 Å². The molecule has 0 heterocycles. The van der Waals surface area contributed by atoms with E-state index in [4.69, 9.17) is 5.11 Å². The first-order valence-corrected chi connectivity index (χ1v) is 5.89. The van der Waals surface area contributed by atoms with Gasteiger partial charge in [-0.15, -0.1) is 6.58 Å². The molecule has 2 amide bonds. The van der Waals surface area contributed by atoms with E-state index in [-0.39, 0.29) is 12.5 Å². The molecule has 98 valence electrons. The normalized spacial score (nSPS) is 9.71. The lowest BCUT2D eigenvalue weighted by Gasteiger charge is -2.15. The van der Waals surface area contributed by atoms with Gasteiger partial charge in [0, 0.05) is 26.6 Å². The summed E-state index contributed by atoms with van der Waals surface area (Å²) in [6, 6.07) is -0.101. The molecule has 17 heavy (non-hydrogen) atoms. The molecule has 5 nitrogen and oxygen atoms in total. The number of carboxylic acids is 1. The van der Waals surface area contributed by atoms with Gasteiger partial charge in [-0.25, -0.2) is 4.79 Å². The van der Waals surface area contributed by atoms with Crippen LogP contribution in [0.25, 0.3) is 0 Å². The number of nitrogens with one attached hydrogen (secondary N) is 1. The molecule has 2 N–H and O–H groups in total. The van der Waals surface area contributed by atoms with E-state index in [2.05, 4.69) is 11.9 Å². The average molecular weight is 242 g/mol. The Morgan fingerprint density at radius 2 is 1.94 bits per heavy atom. The third kappa shape index (κ3) is 9.41. The third-order valence-corrected chi connectivity index (χ3v) is 2.34. The van der Waals surface area contributed by atoms with Crippen molar-refractivity contribution in [1.29, 1.82) is 0 Å². The number of nitrogens with zero attached hydrogens (tertiary/aromatic N) is 1. The van der Waals surface area contributed by atoms with Gasteiger partial charge in [-0.05, 0) is 12.8 Å². The number of unbranched alkanes of at least 4 members (excludes halogenated alkanes) is 3. The second kappa shape index (κ2) is 9.69. The van der Waals surface area contributed by atoms with Gasteiger partial charge in [0.25, 0.3) is 0 Å². The van der Waals surface area contributed by atoms with E-state index >= 15 is 0 Å². The highest BCUT2D eigenvalue weighted by molar-refractivity contribution is 5.73. The van der Waals surface area contributed by atoms with Gasteiger partial charge in [-0.3, -0.25) is 4.79 Å². The Bertz CT molecular complexity index is 254. The lowest BCUT2D eigenvalue weighted by atomic mass is 10.1. The molecule has 0 fully saturated rings. The molecule has 0 spiro atoms. The van der Waals surface area contributed by atoms with Crippen LogP contribution in [-0.2, 0) is 4.79 Å². The first-order valence-electron chi connectivity index (χ1n) is 5.89. The average Bonchev–Trinajstić information content (AvgIpc) is 2.27. The largest absolute Gasteiger partial charge is 0.481 e. The van der Waals surface area contributed by atoms with Crippen LogP contribution >= 0.6 is 0 Å². The number of aliphatic carboxylic acids is 1. The van der Waals surface area contributed by atoms with Gasteiger partial charge < -0.3 is 15.3 Å². The fourth-order valence-corrected chi connectivity index (χ4v) is 1.36. The van der Waals surface area contributed by atoms with Crippen LogP contribution < -0.4 is 5.32 Å². The molecule has 0 bridgehead atoms. The SMILES string of the molecule is C=CCN(C)C(=O)NCCCCCCC(=O)O. The number of likely N-dealkylation sites (N-methyl/N-ethyl adjacent to an activating group) is 1. The number of amides is 2. The molecular formula is C12H22N2O3. The molecule has 0 aliphatic heterocycles. The molecule has 5 heteroatoms. The Balaban J connectivity index is 3.36. The van der Waals surface area contributed by atoms with Crippen molar-refractivity contribution in [2.45, 2.75) is 32.1 Å². The molecule has 0 aliphatic carbocycles. The summed E-state index contributed by atoms with van der Waals surface area (Å²) in [5.41, 5.74) is 0. The fraction of sp³-hybridized carbons (Fsp3) is 0.667. The van der Waals surface area contributed by atoms with Crippen molar-refractivity contribution in [3.05, 3.63) is 12.7 Å². The number of carboxylic acid groups (broad SMARTS) is 1. The van der Waals surface area contributed by atoms with Crippen molar-refractivity contribution >= 4 is 12.0 Å². The van der Waals surface area contributed by atoms with E-state index in [0.717, 1.165) is 19.3 Å². The monoisotopic (exact) mass is 242 g/mol. The number of hydrogen-bond acceptors (Lipinski definition) is 2. The Morgan fingerprint density at radius 1 is 1.29 bits per heavy atom. The summed E-state index contributed by atoms with van der Waals surface area (Å²) in [5, 5.41) is 11.2. The standard InChI is InChI=1S/C12H22N2O3/c1-3-10-14(2)12(17)13-9-7-5-4-6-8-11(15)16/h3H,1,4-10H2,2H3,(H,13,17)(H,15,16). The zero-order chi connectivity index (χ0) is 13.1. The summed E-state index contributed by atoms with van der Waals surface area (Å²) in [7, 11) is 1.71. The van der Waals surface area contributed by atoms with E-state index in [9.17, 15) is 9.59 Å². The van der Waals surface area contributed by atoms with E-state index in [1.807, 2.05) is 0 Å². The van der Waals surface area contributed by atoms with Gasteiger partial charge in [-0.1, -0.05) is 18.9 Å². The van der Waals surface area contributed by atoms with Crippen LogP contribution in [-0.4, -0.2) is 42.1 Å². The van der Waals surface area contributed by atoms with Crippen molar-refractivity contribution in [2.75, 3.05) is 20.1 Å². The van der Waals surface area contributed by atoms with Gasteiger partial charge >= 0.3 is 12.0 Å². The van der Waals surface area contributed by atoms with Crippen molar-refractivity contribution < 1.29 is 14.7 Å². The molecular weight excluding hydrogens is 220 g/mol. The Hall–Kier alpha value is -1.52. The zero-order valence-electron chi connectivity index (χ0n) is 10.4. The molecule has 0 saturated heterocycles. The third-order valence-electron chi connectivity index (χ3n) is 2.34. The van der Waals surface area contributed by atoms with Gasteiger partial charge in [0.1, 0.15) is 0 Å². The van der Waals surface area contributed by atoms with Crippen LogP contribution in [0.2, 0.25) is 0 Å². The van der Waals surface area contributed by atoms with Crippen molar-refractivity contribution in [2.24, 2.45) is 0 Å². The minimum atomic E-state index is -0.746. The zero-order valence-corrected chi connectivity index (χ0v) is 10.4. The highest BCUT2D eigenvalue weighted by Gasteiger charge is 2.04. The van der Waals surface area contributed by atoms with E-state index < -0.39 is 5.97 Å².